The number of nitrogens with zero attached hydrogens (tertiary/aromatic N) is 1. The highest BCUT2D eigenvalue weighted by Gasteiger charge is 2.16. The van der Waals surface area contributed by atoms with Crippen LogP contribution >= 0.6 is 67.8 Å². The maximum atomic E-state index is 12.2. The van der Waals surface area contributed by atoms with Crippen LogP contribution in [0.3, 0.4) is 0 Å². The van der Waals surface area contributed by atoms with Gasteiger partial charge in [-0.1, -0.05) is 6.42 Å². The lowest BCUT2D eigenvalue weighted by molar-refractivity contribution is 0.0450. The Kier molecular flexibility index (Phi) is 7.28. The molecule has 0 N–H and O–H groups in total. The van der Waals surface area contributed by atoms with E-state index in [0.717, 1.165) is 30.3 Å². The average molecular weight is 611 g/mol. The smallest absolute Gasteiger partial charge is 0.339 e. The third kappa shape index (κ3) is 4.94. The van der Waals surface area contributed by atoms with E-state index in [4.69, 9.17) is 4.74 Å². The van der Waals surface area contributed by atoms with Crippen LogP contribution in [0.5, 0.6) is 0 Å². The van der Waals surface area contributed by atoms with E-state index in [1.165, 1.54) is 19.3 Å². The van der Waals surface area contributed by atoms with Gasteiger partial charge >= 0.3 is 5.97 Å². The van der Waals surface area contributed by atoms with E-state index in [9.17, 15) is 4.79 Å². The van der Waals surface area contributed by atoms with Crippen LogP contribution in [0.15, 0.2) is 12.1 Å². The molecule has 1 saturated heterocycles. The van der Waals surface area contributed by atoms with Crippen molar-refractivity contribution < 1.29 is 9.53 Å². The summed E-state index contributed by atoms with van der Waals surface area (Å²) >= 11 is 6.69. The first-order chi connectivity index (χ1) is 9.58. The molecule has 0 amide bonds. The molecule has 20 heavy (non-hydrogen) atoms. The molecule has 0 aromatic heterocycles. The van der Waals surface area contributed by atoms with Gasteiger partial charge in [0.2, 0.25) is 0 Å². The summed E-state index contributed by atoms with van der Waals surface area (Å²) in [4.78, 5) is 14.5. The lowest BCUT2D eigenvalue weighted by Crippen LogP contribution is -2.33. The first kappa shape index (κ1) is 17.2. The van der Waals surface area contributed by atoms with Gasteiger partial charge in [-0.15, -0.1) is 0 Å². The van der Waals surface area contributed by atoms with Crippen LogP contribution in [0.2, 0.25) is 0 Å². The van der Waals surface area contributed by atoms with E-state index in [0.29, 0.717) is 12.2 Å². The Balaban J connectivity index is 1.88. The van der Waals surface area contributed by atoms with Gasteiger partial charge in [-0.05, 0) is 106 Å². The minimum atomic E-state index is -0.206. The Labute approximate surface area is 160 Å². The Morgan fingerprint density at radius 3 is 2.55 bits per heavy atom. The van der Waals surface area contributed by atoms with Crippen molar-refractivity contribution in [2.45, 2.75) is 19.3 Å². The van der Waals surface area contributed by atoms with E-state index >= 15 is 0 Å². The summed E-state index contributed by atoms with van der Waals surface area (Å²) in [5.41, 5.74) is 0.681. The predicted molar refractivity (Wildman–Crippen MR) is 105 cm³/mol. The molecule has 2 rings (SSSR count). The molecule has 0 saturated carbocycles. The molecule has 0 aliphatic carbocycles. The van der Waals surface area contributed by atoms with Crippen LogP contribution in [0.1, 0.15) is 29.6 Å². The molecule has 110 valence electrons. The zero-order chi connectivity index (χ0) is 14.5. The molecule has 0 bridgehead atoms. The van der Waals surface area contributed by atoms with E-state index < -0.39 is 0 Å². The van der Waals surface area contributed by atoms with Crippen LogP contribution in [0.25, 0.3) is 0 Å². The number of rotatable bonds is 4. The van der Waals surface area contributed by atoms with Gasteiger partial charge in [-0.2, -0.15) is 0 Å². The van der Waals surface area contributed by atoms with Crippen LogP contribution in [0, 0.1) is 10.7 Å². The topological polar surface area (TPSA) is 29.5 Å². The second-order valence-corrected chi connectivity index (χ2v) is 8.27. The van der Waals surface area contributed by atoms with E-state index in [1.54, 1.807) is 0 Å². The summed E-state index contributed by atoms with van der Waals surface area (Å²) in [6.07, 6.45) is 3.86. The fourth-order valence-corrected chi connectivity index (χ4v) is 4.61. The van der Waals surface area contributed by atoms with E-state index in [1.807, 2.05) is 6.07 Å². The zero-order valence-electron chi connectivity index (χ0n) is 11.0. The summed E-state index contributed by atoms with van der Waals surface area (Å²) in [5.74, 6) is -0.206. The molecule has 1 heterocycles. The summed E-state index contributed by atoms with van der Waals surface area (Å²) < 4.78 is 8.57. The zero-order valence-corrected chi connectivity index (χ0v) is 17.5. The molecular formula is C14H16I3NO2. The third-order valence-electron chi connectivity index (χ3n) is 3.30. The van der Waals surface area contributed by atoms with Gasteiger partial charge < -0.3 is 4.74 Å². The summed E-state index contributed by atoms with van der Waals surface area (Å²) in [6, 6.07) is 3.96. The minimum absolute atomic E-state index is 0.206. The maximum Gasteiger partial charge on any atom is 0.339 e. The molecule has 1 aliphatic heterocycles. The number of hydrogen-bond donors (Lipinski definition) is 0. The van der Waals surface area contributed by atoms with E-state index in [2.05, 4.69) is 78.7 Å². The first-order valence-electron chi connectivity index (χ1n) is 6.62. The Morgan fingerprint density at radius 2 is 1.85 bits per heavy atom. The number of carbonyl (C=O) groups is 1. The van der Waals surface area contributed by atoms with Crippen molar-refractivity contribution in [2.24, 2.45) is 0 Å². The summed E-state index contributed by atoms with van der Waals surface area (Å²) in [6.45, 7) is 3.60. The maximum absolute atomic E-state index is 12.2. The van der Waals surface area contributed by atoms with Gasteiger partial charge in [0.15, 0.2) is 0 Å². The first-order valence-corrected chi connectivity index (χ1v) is 9.85. The SMILES string of the molecule is O=C(OCCN1CCCCC1)c1cc(I)cc(I)c1I. The predicted octanol–water partition coefficient (Wildman–Crippen LogP) is 4.14. The quantitative estimate of drug-likeness (QED) is 0.292. The van der Waals surface area contributed by atoms with E-state index in [-0.39, 0.29) is 5.97 Å². The minimum Gasteiger partial charge on any atom is -0.461 e. The molecule has 0 unspecified atom stereocenters. The van der Waals surface area contributed by atoms with Gasteiger partial charge in [-0.25, -0.2) is 4.79 Å². The molecule has 6 heteroatoms. The lowest BCUT2D eigenvalue weighted by Gasteiger charge is -2.25. The van der Waals surface area contributed by atoms with Gasteiger partial charge in [0.25, 0.3) is 0 Å². The highest BCUT2D eigenvalue weighted by atomic mass is 127. The van der Waals surface area contributed by atoms with Crippen LogP contribution in [0.4, 0.5) is 0 Å². The Morgan fingerprint density at radius 1 is 1.15 bits per heavy atom. The lowest BCUT2D eigenvalue weighted by atomic mass is 10.1. The molecule has 0 spiro atoms. The molecule has 3 nitrogen and oxygen atoms in total. The Bertz CT molecular complexity index is 488. The van der Waals surface area contributed by atoms with Crippen molar-refractivity contribution in [3.63, 3.8) is 0 Å². The number of piperidine rings is 1. The van der Waals surface area contributed by atoms with Gasteiger partial charge in [0, 0.05) is 17.3 Å². The molecule has 1 aromatic rings. The van der Waals surface area contributed by atoms with Gasteiger partial charge in [0.1, 0.15) is 6.61 Å². The normalized spacial score (nSPS) is 16.1. The third-order valence-corrected chi connectivity index (χ3v) is 6.97. The molecule has 0 atom stereocenters. The largest absolute Gasteiger partial charge is 0.461 e. The summed E-state index contributed by atoms with van der Waals surface area (Å²) in [5, 5.41) is 0. The second-order valence-electron chi connectivity index (χ2n) is 4.79. The van der Waals surface area contributed by atoms with Crippen molar-refractivity contribution in [3.05, 3.63) is 28.4 Å². The highest BCUT2D eigenvalue weighted by molar-refractivity contribution is 14.1. The van der Waals surface area contributed by atoms with Crippen LogP contribution < -0.4 is 0 Å². The number of carbonyl (C=O) groups excluding carboxylic acids is 1. The van der Waals surface area contributed by atoms with Crippen molar-refractivity contribution in [1.29, 1.82) is 0 Å². The van der Waals surface area contributed by atoms with Crippen molar-refractivity contribution in [1.82, 2.24) is 4.90 Å². The number of likely N-dealkylation sites (tertiary alicyclic amines) is 1. The summed E-state index contributed by atoms with van der Waals surface area (Å²) in [7, 11) is 0. The number of benzene rings is 1. The number of ether oxygens (including phenoxy) is 1. The van der Waals surface area contributed by atoms with Gasteiger partial charge in [0.05, 0.1) is 5.56 Å². The molecular weight excluding hydrogens is 595 g/mol. The fourth-order valence-electron chi connectivity index (χ4n) is 2.23. The number of hydrogen-bond acceptors (Lipinski definition) is 3. The number of halogens is 3. The van der Waals surface area contributed by atoms with Crippen LogP contribution in [-0.2, 0) is 4.74 Å². The van der Waals surface area contributed by atoms with Crippen molar-refractivity contribution >= 4 is 73.7 Å². The molecule has 1 aromatic carbocycles. The monoisotopic (exact) mass is 611 g/mol. The van der Waals surface area contributed by atoms with Gasteiger partial charge in [-0.3, -0.25) is 4.90 Å². The van der Waals surface area contributed by atoms with Crippen molar-refractivity contribution in [2.75, 3.05) is 26.2 Å². The molecule has 1 fully saturated rings. The Hall–Kier alpha value is 0.840. The number of esters is 1. The van der Waals surface area contributed by atoms with Crippen LogP contribution in [-0.4, -0.2) is 37.1 Å². The molecule has 0 radical (unpaired) electrons. The van der Waals surface area contributed by atoms with Crippen molar-refractivity contribution in [3.8, 4) is 0 Å². The average Bonchev–Trinajstić information content (AvgIpc) is 2.44. The molecule has 1 aliphatic rings. The second kappa shape index (κ2) is 8.47. The standard InChI is InChI=1S/C14H16I3NO2/c15-10-8-11(13(17)12(16)9-10)14(19)20-7-6-18-4-2-1-3-5-18/h8-9H,1-7H2. The highest BCUT2D eigenvalue weighted by Crippen LogP contribution is 2.23. The fraction of sp³-hybridized carbons (Fsp3) is 0.500.